The minimum Gasteiger partial charge on any atom is -0.435 e. The summed E-state index contributed by atoms with van der Waals surface area (Å²) in [5.74, 6) is 4.65. The molecule has 0 atom stereocenters. The fourth-order valence-corrected chi connectivity index (χ4v) is 1.94. The molecule has 0 heterocycles. The minimum atomic E-state index is -2.73. The van der Waals surface area contributed by atoms with Gasteiger partial charge in [-0.2, -0.15) is 8.78 Å². The molecular weight excluding hydrogens is 371 g/mol. The molecule has 0 radical (unpaired) electrons. The molecule has 0 aromatic heterocycles. The van der Waals surface area contributed by atoms with Gasteiger partial charge in [-0.25, -0.2) is 4.39 Å². The number of hydrogen-bond donors (Lipinski definition) is 1. The normalized spacial score (nSPS) is 10.3. The molecule has 2 aromatic carbocycles. The number of ether oxygens (including phenoxy) is 1. The van der Waals surface area contributed by atoms with Crippen molar-refractivity contribution >= 4 is 11.9 Å². The number of para-hydroxylation sites is 1. The third kappa shape index (κ3) is 7.03. The van der Waals surface area contributed by atoms with Gasteiger partial charge in [0, 0.05) is 19.7 Å². The number of benzene rings is 2. The molecule has 0 aliphatic rings. The summed E-state index contributed by atoms with van der Waals surface area (Å²) in [4.78, 5) is 16.9. The Kier molecular flexibility index (Phi) is 9.10. The molecule has 0 fully saturated rings. The first-order chi connectivity index (χ1) is 13.3. The molecule has 148 valence electrons. The van der Waals surface area contributed by atoms with E-state index in [2.05, 4.69) is 21.6 Å². The molecule has 1 amide bonds. The molecule has 28 heavy (non-hydrogen) atoms. The van der Waals surface area contributed by atoms with Crippen LogP contribution in [-0.4, -0.2) is 37.5 Å². The van der Waals surface area contributed by atoms with Crippen molar-refractivity contribution in [2.24, 2.45) is 10.7 Å². The summed E-state index contributed by atoms with van der Waals surface area (Å²) in [5.41, 5.74) is 6.03. The lowest BCUT2D eigenvalue weighted by molar-refractivity contribution is -0.0498. The van der Waals surface area contributed by atoms with Gasteiger partial charge in [-0.05, 0) is 37.3 Å². The Balaban J connectivity index is 0.000000330. The number of carbonyl (C=O) groups is 1. The number of hydrogen-bond acceptors (Lipinski definition) is 3. The van der Waals surface area contributed by atoms with Crippen molar-refractivity contribution in [3.05, 3.63) is 65.5 Å². The van der Waals surface area contributed by atoms with Crippen LogP contribution >= 0.6 is 0 Å². The second-order valence-corrected chi connectivity index (χ2v) is 5.21. The number of halogens is 3. The molecular formula is C20H20F3N3O2. The van der Waals surface area contributed by atoms with Crippen molar-refractivity contribution in [3.63, 3.8) is 0 Å². The van der Waals surface area contributed by atoms with Crippen LogP contribution in [-0.2, 0) is 0 Å². The third-order valence-corrected chi connectivity index (χ3v) is 3.32. The van der Waals surface area contributed by atoms with Gasteiger partial charge in [0.05, 0.1) is 5.56 Å². The Bertz CT molecular complexity index is 875. The highest BCUT2D eigenvalue weighted by atomic mass is 19.3. The zero-order chi connectivity index (χ0) is 21.1. The van der Waals surface area contributed by atoms with Crippen LogP contribution in [0.1, 0.15) is 22.8 Å². The smallest absolute Gasteiger partial charge is 0.387 e. The van der Waals surface area contributed by atoms with E-state index >= 15 is 0 Å². The van der Waals surface area contributed by atoms with Crippen molar-refractivity contribution in [2.75, 3.05) is 14.1 Å². The van der Waals surface area contributed by atoms with Crippen LogP contribution in [0.3, 0.4) is 0 Å². The summed E-state index contributed by atoms with van der Waals surface area (Å²) in [5, 5.41) is 0. The molecule has 0 saturated heterocycles. The zero-order valence-electron chi connectivity index (χ0n) is 15.6. The van der Waals surface area contributed by atoms with Gasteiger partial charge in [0.25, 0.3) is 5.91 Å². The van der Waals surface area contributed by atoms with Crippen LogP contribution < -0.4 is 10.5 Å². The topological polar surface area (TPSA) is 67.9 Å². The van der Waals surface area contributed by atoms with Crippen molar-refractivity contribution in [3.8, 4) is 17.6 Å². The van der Waals surface area contributed by atoms with Gasteiger partial charge in [0.15, 0.2) is 5.96 Å². The molecule has 0 bridgehead atoms. The second kappa shape index (κ2) is 11.3. The van der Waals surface area contributed by atoms with Crippen molar-refractivity contribution in [1.29, 1.82) is 0 Å². The summed E-state index contributed by atoms with van der Waals surface area (Å²) < 4.78 is 40.4. The summed E-state index contributed by atoms with van der Waals surface area (Å²) >= 11 is 0. The number of guanidine groups is 1. The van der Waals surface area contributed by atoms with E-state index in [-0.39, 0.29) is 23.2 Å². The highest BCUT2D eigenvalue weighted by molar-refractivity contribution is 6.05. The predicted molar refractivity (Wildman–Crippen MR) is 102 cm³/mol. The predicted octanol–water partition coefficient (Wildman–Crippen LogP) is 3.50. The Morgan fingerprint density at radius 2 is 1.86 bits per heavy atom. The molecule has 2 N–H and O–H groups in total. The number of aliphatic imine (C=N–C) groups is 1. The minimum absolute atomic E-state index is 0.0902. The SMILES string of the molecule is CC#Cc1cc(C(=O)N(C)C(N)=NC)ccc1F.FC(F)Oc1ccccc1. The van der Waals surface area contributed by atoms with E-state index in [1.807, 2.05) is 0 Å². The van der Waals surface area contributed by atoms with Gasteiger partial charge in [-0.3, -0.25) is 14.7 Å². The second-order valence-electron chi connectivity index (χ2n) is 5.21. The maximum Gasteiger partial charge on any atom is 0.387 e. The first kappa shape index (κ1) is 22.6. The third-order valence-electron chi connectivity index (χ3n) is 3.32. The molecule has 0 spiro atoms. The largest absolute Gasteiger partial charge is 0.435 e. The Morgan fingerprint density at radius 3 is 2.39 bits per heavy atom. The summed E-state index contributed by atoms with van der Waals surface area (Å²) in [7, 11) is 2.98. The number of nitrogens with two attached hydrogens (primary N) is 1. The van der Waals surface area contributed by atoms with E-state index in [1.165, 1.54) is 49.3 Å². The Labute approximate surface area is 161 Å². The average molecular weight is 391 g/mol. The number of carbonyl (C=O) groups excluding carboxylic acids is 1. The lowest BCUT2D eigenvalue weighted by atomic mass is 10.1. The maximum absolute atomic E-state index is 13.4. The number of nitrogens with zero attached hydrogens (tertiary/aromatic N) is 2. The molecule has 5 nitrogen and oxygen atoms in total. The maximum atomic E-state index is 13.4. The van der Waals surface area contributed by atoms with E-state index in [0.29, 0.717) is 5.56 Å². The molecule has 8 heteroatoms. The molecule has 0 aliphatic carbocycles. The molecule has 0 unspecified atom stereocenters. The van der Waals surface area contributed by atoms with Gasteiger partial charge < -0.3 is 10.5 Å². The summed E-state index contributed by atoms with van der Waals surface area (Å²) in [6.07, 6.45) is 0. The lowest BCUT2D eigenvalue weighted by Crippen LogP contribution is -2.38. The van der Waals surface area contributed by atoms with Gasteiger partial charge in [-0.15, -0.1) is 5.92 Å². The van der Waals surface area contributed by atoms with Gasteiger partial charge >= 0.3 is 6.61 Å². The van der Waals surface area contributed by atoms with E-state index in [4.69, 9.17) is 5.73 Å². The highest BCUT2D eigenvalue weighted by Gasteiger charge is 2.15. The summed E-state index contributed by atoms with van der Waals surface area (Å²) in [6, 6.07) is 12.0. The van der Waals surface area contributed by atoms with Crippen LogP contribution in [0.4, 0.5) is 13.2 Å². The monoisotopic (exact) mass is 391 g/mol. The number of alkyl halides is 2. The van der Waals surface area contributed by atoms with Crippen LogP contribution in [0.2, 0.25) is 0 Å². The average Bonchev–Trinajstić information content (AvgIpc) is 2.69. The van der Waals surface area contributed by atoms with Crippen LogP contribution in [0.5, 0.6) is 5.75 Å². The van der Waals surface area contributed by atoms with Crippen molar-refractivity contribution in [2.45, 2.75) is 13.5 Å². The van der Waals surface area contributed by atoms with E-state index < -0.39 is 12.4 Å². The Morgan fingerprint density at radius 1 is 1.21 bits per heavy atom. The van der Waals surface area contributed by atoms with Crippen LogP contribution in [0.25, 0.3) is 0 Å². The molecule has 2 rings (SSSR count). The van der Waals surface area contributed by atoms with Gasteiger partial charge in [-0.1, -0.05) is 24.1 Å². The molecule has 0 aliphatic heterocycles. The van der Waals surface area contributed by atoms with Crippen molar-refractivity contribution in [1.82, 2.24) is 4.90 Å². The zero-order valence-corrected chi connectivity index (χ0v) is 15.6. The first-order valence-electron chi connectivity index (χ1n) is 8.02. The molecule has 2 aromatic rings. The fourth-order valence-electron chi connectivity index (χ4n) is 1.94. The Hall–Kier alpha value is -3.47. The lowest BCUT2D eigenvalue weighted by Gasteiger charge is -2.15. The van der Waals surface area contributed by atoms with E-state index in [1.54, 1.807) is 25.1 Å². The van der Waals surface area contributed by atoms with Crippen molar-refractivity contribution < 1.29 is 22.7 Å². The fraction of sp³-hybridized carbons (Fsp3) is 0.200. The van der Waals surface area contributed by atoms with Crippen LogP contribution in [0.15, 0.2) is 53.5 Å². The van der Waals surface area contributed by atoms with E-state index in [0.717, 1.165) is 0 Å². The quantitative estimate of drug-likeness (QED) is 0.495. The summed E-state index contributed by atoms with van der Waals surface area (Å²) in [6.45, 7) is -1.13. The van der Waals surface area contributed by atoms with Crippen LogP contribution in [0, 0.1) is 17.7 Å². The van der Waals surface area contributed by atoms with Gasteiger partial charge in [0.1, 0.15) is 11.6 Å². The van der Waals surface area contributed by atoms with Gasteiger partial charge in [0.2, 0.25) is 0 Å². The first-order valence-corrected chi connectivity index (χ1v) is 8.02. The highest BCUT2D eigenvalue weighted by Crippen LogP contribution is 2.12. The van der Waals surface area contributed by atoms with E-state index in [9.17, 15) is 18.0 Å². The standard InChI is InChI=1S/C13H14FN3O.C7H6F2O/c1-4-5-9-8-10(6-7-11(9)14)12(18)17(3)13(15)16-2;8-7(9)10-6-4-2-1-3-5-6/h6-8H,1-3H3,(H2,15,16);1-5,7H. The molecule has 0 saturated carbocycles. The number of amides is 1. The number of rotatable bonds is 3.